The number of piperidine rings is 1. The van der Waals surface area contributed by atoms with Crippen molar-refractivity contribution in [2.24, 2.45) is 5.92 Å². The molecule has 2 aliphatic rings. The van der Waals surface area contributed by atoms with Gasteiger partial charge in [0.2, 0.25) is 0 Å². The molecule has 27 heavy (non-hydrogen) atoms. The molecular formula is C21H24FN5. The van der Waals surface area contributed by atoms with Gasteiger partial charge in [0, 0.05) is 41.8 Å². The molecule has 0 aliphatic carbocycles. The van der Waals surface area contributed by atoms with Crippen LogP contribution in [0, 0.1) is 18.7 Å². The Morgan fingerprint density at radius 3 is 2.85 bits per heavy atom. The van der Waals surface area contributed by atoms with Crippen LogP contribution >= 0.6 is 0 Å². The SMILES string of the molecule is Cc1cc(N2CCC3CCN(C)CC32)nnc1-c1ccc2c(F)c[nH]c2c1. The van der Waals surface area contributed by atoms with Crippen molar-refractivity contribution in [2.45, 2.75) is 25.8 Å². The Balaban J connectivity index is 1.46. The summed E-state index contributed by atoms with van der Waals surface area (Å²) < 4.78 is 13.7. The maximum atomic E-state index is 13.7. The molecule has 4 heterocycles. The number of halogens is 1. The molecule has 1 N–H and O–H groups in total. The number of fused-ring (bicyclic) bond motifs is 2. The molecule has 0 bridgehead atoms. The van der Waals surface area contributed by atoms with Crippen LogP contribution in [0.4, 0.5) is 10.2 Å². The van der Waals surface area contributed by atoms with Crippen LogP contribution < -0.4 is 4.90 Å². The van der Waals surface area contributed by atoms with E-state index in [-0.39, 0.29) is 5.82 Å². The molecule has 1 aromatic carbocycles. The van der Waals surface area contributed by atoms with E-state index in [1.54, 1.807) is 6.07 Å². The van der Waals surface area contributed by atoms with E-state index in [4.69, 9.17) is 0 Å². The Hall–Kier alpha value is -2.47. The summed E-state index contributed by atoms with van der Waals surface area (Å²) in [7, 11) is 2.20. The number of hydrogen-bond acceptors (Lipinski definition) is 4. The third kappa shape index (κ3) is 2.79. The number of H-pyrrole nitrogens is 1. The van der Waals surface area contributed by atoms with Crippen LogP contribution in [0.15, 0.2) is 30.5 Å². The predicted octanol–water partition coefficient (Wildman–Crippen LogP) is 3.60. The Kier molecular flexibility index (Phi) is 3.90. The van der Waals surface area contributed by atoms with E-state index in [9.17, 15) is 4.39 Å². The highest BCUT2D eigenvalue weighted by Crippen LogP contribution is 2.35. The number of likely N-dealkylation sites (N-methyl/N-ethyl adjacent to an activating group) is 1. The standard InChI is InChI=1S/C21H24FN5/c1-13-9-20(27-8-6-14-5-7-26(2)12-19(14)27)24-25-21(13)15-3-4-16-17(22)11-23-18(16)10-15/h3-4,9-11,14,19,23H,5-8,12H2,1-2H3. The van der Waals surface area contributed by atoms with Gasteiger partial charge < -0.3 is 14.8 Å². The second kappa shape index (κ2) is 6.30. The summed E-state index contributed by atoms with van der Waals surface area (Å²) in [4.78, 5) is 7.83. The molecule has 2 saturated heterocycles. The average Bonchev–Trinajstić information content (AvgIpc) is 3.25. The van der Waals surface area contributed by atoms with Crippen LogP contribution in [0.2, 0.25) is 0 Å². The highest BCUT2D eigenvalue weighted by atomic mass is 19.1. The number of likely N-dealkylation sites (tertiary alicyclic amines) is 1. The number of hydrogen-bond donors (Lipinski definition) is 1. The van der Waals surface area contributed by atoms with Crippen molar-refractivity contribution in [3.63, 3.8) is 0 Å². The molecular weight excluding hydrogens is 341 g/mol. The number of aryl methyl sites for hydroxylation is 1. The van der Waals surface area contributed by atoms with E-state index >= 15 is 0 Å². The summed E-state index contributed by atoms with van der Waals surface area (Å²) in [5.41, 5.74) is 3.69. The van der Waals surface area contributed by atoms with Crippen molar-refractivity contribution >= 4 is 16.7 Å². The number of aromatic nitrogens is 3. The molecule has 5 rings (SSSR count). The zero-order valence-electron chi connectivity index (χ0n) is 15.7. The normalized spacial score (nSPS) is 23.1. The van der Waals surface area contributed by atoms with Crippen molar-refractivity contribution in [1.29, 1.82) is 0 Å². The minimum atomic E-state index is -0.226. The summed E-state index contributed by atoms with van der Waals surface area (Å²) >= 11 is 0. The molecule has 0 spiro atoms. The fourth-order valence-corrected chi connectivity index (χ4v) is 4.72. The summed E-state index contributed by atoms with van der Waals surface area (Å²) in [6.07, 6.45) is 3.91. The lowest BCUT2D eigenvalue weighted by molar-refractivity contribution is 0.207. The summed E-state index contributed by atoms with van der Waals surface area (Å²) in [6.45, 7) is 5.43. The molecule has 2 aromatic heterocycles. The van der Waals surface area contributed by atoms with Crippen LogP contribution in [0.3, 0.4) is 0 Å². The molecule has 2 unspecified atom stereocenters. The number of rotatable bonds is 2. The molecule has 2 atom stereocenters. The number of nitrogens with one attached hydrogen (secondary N) is 1. The molecule has 0 amide bonds. The van der Waals surface area contributed by atoms with Crippen molar-refractivity contribution in [3.05, 3.63) is 41.8 Å². The van der Waals surface area contributed by atoms with Gasteiger partial charge in [-0.05, 0) is 63.0 Å². The van der Waals surface area contributed by atoms with Gasteiger partial charge in [-0.25, -0.2) is 4.39 Å². The molecule has 0 radical (unpaired) electrons. The highest BCUT2D eigenvalue weighted by Gasteiger charge is 2.38. The van der Waals surface area contributed by atoms with Crippen LogP contribution in [0.5, 0.6) is 0 Å². The number of benzene rings is 1. The van der Waals surface area contributed by atoms with Crippen molar-refractivity contribution in [2.75, 3.05) is 31.6 Å². The largest absolute Gasteiger partial charge is 0.359 e. The Morgan fingerprint density at radius 2 is 2.00 bits per heavy atom. The Labute approximate surface area is 158 Å². The van der Waals surface area contributed by atoms with Crippen LogP contribution in [0.1, 0.15) is 18.4 Å². The van der Waals surface area contributed by atoms with E-state index in [1.807, 2.05) is 12.1 Å². The summed E-state index contributed by atoms with van der Waals surface area (Å²) in [5, 5.41) is 9.73. The molecule has 6 heteroatoms. The van der Waals surface area contributed by atoms with Gasteiger partial charge in [-0.15, -0.1) is 10.2 Å². The predicted molar refractivity (Wildman–Crippen MR) is 105 cm³/mol. The molecule has 0 saturated carbocycles. The van der Waals surface area contributed by atoms with Gasteiger partial charge in [0.1, 0.15) is 5.82 Å². The fourth-order valence-electron chi connectivity index (χ4n) is 4.72. The van der Waals surface area contributed by atoms with Crippen molar-refractivity contribution < 1.29 is 4.39 Å². The molecule has 140 valence electrons. The third-order valence-corrected chi connectivity index (χ3v) is 6.24. The van der Waals surface area contributed by atoms with E-state index in [1.165, 1.54) is 25.6 Å². The number of aromatic amines is 1. The quantitative estimate of drug-likeness (QED) is 0.754. The first-order valence-electron chi connectivity index (χ1n) is 9.66. The van der Waals surface area contributed by atoms with Gasteiger partial charge in [0.05, 0.1) is 5.69 Å². The molecule has 2 aliphatic heterocycles. The van der Waals surface area contributed by atoms with E-state index in [0.29, 0.717) is 11.4 Å². The minimum absolute atomic E-state index is 0.226. The first-order chi connectivity index (χ1) is 13.1. The third-order valence-electron chi connectivity index (χ3n) is 6.24. The van der Waals surface area contributed by atoms with Gasteiger partial charge >= 0.3 is 0 Å². The van der Waals surface area contributed by atoms with Crippen molar-refractivity contribution in [3.8, 4) is 11.3 Å². The highest BCUT2D eigenvalue weighted by molar-refractivity contribution is 5.85. The van der Waals surface area contributed by atoms with Gasteiger partial charge in [0.15, 0.2) is 5.82 Å². The second-order valence-electron chi connectivity index (χ2n) is 7.99. The van der Waals surface area contributed by atoms with Crippen molar-refractivity contribution in [1.82, 2.24) is 20.1 Å². The van der Waals surface area contributed by atoms with E-state index < -0.39 is 0 Å². The fraction of sp³-hybridized carbons (Fsp3) is 0.429. The molecule has 3 aromatic rings. The van der Waals surface area contributed by atoms with Gasteiger partial charge in [0.25, 0.3) is 0 Å². The van der Waals surface area contributed by atoms with E-state index in [0.717, 1.165) is 47.2 Å². The summed E-state index contributed by atoms with van der Waals surface area (Å²) in [6, 6.07) is 8.35. The average molecular weight is 365 g/mol. The first-order valence-corrected chi connectivity index (χ1v) is 9.66. The summed E-state index contributed by atoms with van der Waals surface area (Å²) in [5.74, 6) is 1.52. The lowest BCUT2D eigenvalue weighted by atomic mass is 9.92. The van der Waals surface area contributed by atoms with Gasteiger partial charge in [-0.2, -0.15) is 0 Å². The van der Waals surface area contributed by atoms with Crippen LogP contribution in [-0.2, 0) is 0 Å². The van der Waals surface area contributed by atoms with Gasteiger partial charge in [-0.3, -0.25) is 0 Å². The number of nitrogens with zero attached hydrogens (tertiary/aromatic N) is 4. The van der Waals surface area contributed by atoms with Crippen LogP contribution in [0.25, 0.3) is 22.2 Å². The lowest BCUT2D eigenvalue weighted by Crippen LogP contribution is -2.47. The maximum absolute atomic E-state index is 13.7. The Bertz CT molecular complexity index is 997. The smallest absolute Gasteiger partial charge is 0.151 e. The topological polar surface area (TPSA) is 48.1 Å². The zero-order valence-corrected chi connectivity index (χ0v) is 15.7. The van der Waals surface area contributed by atoms with Gasteiger partial charge in [-0.1, -0.05) is 6.07 Å². The Morgan fingerprint density at radius 1 is 1.15 bits per heavy atom. The van der Waals surface area contributed by atoms with Crippen LogP contribution in [-0.4, -0.2) is 52.8 Å². The second-order valence-corrected chi connectivity index (χ2v) is 7.99. The zero-order chi connectivity index (χ0) is 18.5. The van der Waals surface area contributed by atoms with E-state index in [2.05, 4.69) is 45.0 Å². The molecule has 5 nitrogen and oxygen atoms in total. The maximum Gasteiger partial charge on any atom is 0.151 e. The monoisotopic (exact) mass is 365 g/mol. The lowest BCUT2D eigenvalue weighted by Gasteiger charge is -2.37. The first kappa shape index (κ1) is 16.7. The number of anilines is 1. The molecule has 2 fully saturated rings. The minimum Gasteiger partial charge on any atom is -0.359 e.